The van der Waals surface area contributed by atoms with E-state index < -0.39 is 28.4 Å². The standard InChI is InChI=1S/C25H21F3N2O5S/c1-34-24(31)23(30-14-13-20-21(29-36(2,32)33)7-4-8-22(20)30)18-6-3-5-17(15-18)16-9-11-19(12-10-16)35-25(26,27)28/h3-15,23,29H,1-2H3. The van der Waals surface area contributed by atoms with Gasteiger partial charge in [0.25, 0.3) is 0 Å². The molecule has 7 nitrogen and oxygen atoms in total. The van der Waals surface area contributed by atoms with Crippen LogP contribution in [0.1, 0.15) is 11.6 Å². The van der Waals surface area contributed by atoms with Crippen LogP contribution in [0.5, 0.6) is 5.75 Å². The van der Waals surface area contributed by atoms with Crippen LogP contribution in [0.3, 0.4) is 0 Å². The molecule has 3 aromatic carbocycles. The normalized spacial score (nSPS) is 12.8. The number of carbonyl (C=O) groups excluding carboxylic acids is 1. The van der Waals surface area contributed by atoms with Crippen molar-refractivity contribution in [3.8, 4) is 16.9 Å². The van der Waals surface area contributed by atoms with Crippen molar-refractivity contribution >= 4 is 32.6 Å². The van der Waals surface area contributed by atoms with Gasteiger partial charge in [-0.1, -0.05) is 36.4 Å². The SMILES string of the molecule is COC(=O)C(c1cccc(-c2ccc(OC(F)(F)F)cc2)c1)n1ccc2c(NS(C)(=O)=O)cccc21. The van der Waals surface area contributed by atoms with Crippen molar-refractivity contribution in [1.82, 2.24) is 4.57 Å². The number of carbonyl (C=O) groups is 1. The van der Waals surface area contributed by atoms with Crippen LogP contribution < -0.4 is 9.46 Å². The minimum absolute atomic E-state index is 0.341. The lowest BCUT2D eigenvalue weighted by atomic mass is 9.99. The molecule has 0 amide bonds. The van der Waals surface area contributed by atoms with Gasteiger partial charge in [-0.15, -0.1) is 13.2 Å². The first-order valence-electron chi connectivity index (χ1n) is 10.6. The van der Waals surface area contributed by atoms with Crippen LogP contribution >= 0.6 is 0 Å². The number of hydrogen-bond acceptors (Lipinski definition) is 5. The van der Waals surface area contributed by atoms with Crippen molar-refractivity contribution in [2.75, 3.05) is 18.1 Å². The molecule has 1 aromatic heterocycles. The fourth-order valence-corrected chi connectivity index (χ4v) is 4.54. The Labute approximate surface area is 205 Å². The Morgan fingerprint density at radius 3 is 2.31 bits per heavy atom. The summed E-state index contributed by atoms with van der Waals surface area (Å²) in [5.74, 6) is -0.896. The van der Waals surface area contributed by atoms with Crippen molar-refractivity contribution in [2.24, 2.45) is 0 Å². The van der Waals surface area contributed by atoms with E-state index in [1.807, 2.05) is 0 Å². The van der Waals surface area contributed by atoms with Gasteiger partial charge in [-0.25, -0.2) is 13.2 Å². The highest BCUT2D eigenvalue weighted by atomic mass is 32.2. The highest BCUT2D eigenvalue weighted by Gasteiger charge is 2.31. The molecule has 188 valence electrons. The zero-order valence-electron chi connectivity index (χ0n) is 19.1. The molecule has 0 aliphatic heterocycles. The first kappa shape index (κ1) is 25.1. The zero-order valence-corrected chi connectivity index (χ0v) is 19.9. The minimum Gasteiger partial charge on any atom is -0.467 e. The molecule has 0 spiro atoms. The monoisotopic (exact) mass is 518 g/mol. The molecule has 1 atom stereocenters. The quantitative estimate of drug-likeness (QED) is 0.334. The summed E-state index contributed by atoms with van der Waals surface area (Å²) in [5.41, 5.74) is 2.81. The Bertz CT molecular complexity index is 1510. The van der Waals surface area contributed by atoms with Gasteiger partial charge < -0.3 is 14.0 Å². The van der Waals surface area contributed by atoms with E-state index in [9.17, 15) is 26.4 Å². The molecule has 0 saturated heterocycles. The topological polar surface area (TPSA) is 86.6 Å². The number of hydrogen-bond donors (Lipinski definition) is 1. The summed E-state index contributed by atoms with van der Waals surface area (Å²) in [6.07, 6.45) is -2.07. The van der Waals surface area contributed by atoms with Gasteiger partial charge in [0.15, 0.2) is 6.04 Å². The molecular weight excluding hydrogens is 497 g/mol. The van der Waals surface area contributed by atoms with Crippen molar-refractivity contribution in [3.63, 3.8) is 0 Å². The van der Waals surface area contributed by atoms with Gasteiger partial charge in [0.1, 0.15) is 5.75 Å². The zero-order chi connectivity index (χ0) is 26.1. The average Bonchev–Trinajstić information content (AvgIpc) is 3.23. The first-order chi connectivity index (χ1) is 16.9. The predicted octanol–water partition coefficient (Wildman–Crippen LogP) is 5.34. The number of benzene rings is 3. The van der Waals surface area contributed by atoms with Crippen LogP contribution in [-0.4, -0.2) is 38.7 Å². The van der Waals surface area contributed by atoms with Crippen molar-refractivity contribution in [2.45, 2.75) is 12.4 Å². The smallest absolute Gasteiger partial charge is 0.467 e. The third-order valence-electron chi connectivity index (χ3n) is 5.38. The molecule has 0 aliphatic rings. The van der Waals surface area contributed by atoms with E-state index in [0.717, 1.165) is 6.26 Å². The Morgan fingerprint density at radius 2 is 1.67 bits per heavy atom. The number of ether oxygens (including phenoxy) is 2. The second-order valence-corrected chi connectivity index (χ2v) is 9.71. The molecule has 0 fully saturated rings. The van der Waals surface area contributed by atoms with Gasteiger partial charge in [0, 0.05) is 11.6 Å². The molecule has 0 radical (unpaired) electrons. The van der Waals surface area contributed by atoms with Crippen LogP contribution in [0, 0.1) is 0 Å². The number of anilines is 1. The fraction of sp³-hybridized carbons (Fsp3) is 0.160. The van der Waals surface area contributed by atoms with E-state index in [1.54, 1.807) is 59.3 Å². The van der Waals surface area contributed by atoms with Crippen molar-refractivity contribution in [3.05, 3.63) is 84.6 Å². The highest BCUT2D eigenvalue weighted by molar-refractivity contribution is 7.92. The molecule has 0 bridgehead atoms. The van der Waals surface area contributed by atoms with E-state index in [4.69, 9.17) is 4.74 Å². The molecule has 1 heterocycles. The highest BCUT2D eigenvalue weighted by Crippen LogP contribution is 2.33. The maximum Gasteiger partial charge on any atom is 0.573 e. The van der Waals surface area contributed by atoms with E-state index in [0.29, 0.717) is 33.3 Å². The molecule has 4 rings (SSSR count). The molecule has 4 aromatic rings. The van der Waals surface area contributed by atoms with Crippen LogP contribution in [0.15, 0.2) is 79.0 Å². The number of esters is 1. The lowest BCUT2D eigenvalue weighted by molar-refractivity contribution is -0.274. The van der Waals surface area contributed by atoms with E-state index in [2.05, 4.69) is 9.46 Å². The number of halogens is 3. The number of rotatable bonds is 7. The van der Waals surface area contributed by atoms with Crippen LogP contribution in [0.4, 0.5) is 18.9 Å². The maximum atomic E-state index is 12.9. The largest absolute Gasteiger partial charge is 0.573 e. The summed E-state index contributed by atoms with van der Waals surface area (Å²) in [5, 5.41) is 0.591. The molecule has 11 heteroatoms. The van der Waals surface area contributed by atoms with Gasteiger partial charge in [-0.2, -0.15) is 0 Å². The first-order valence-corrected chi connectivity index (χ1v) is 12.5. The van der Waals surface area contributed by atoms with Crippen LogP contribution in [0.2, 0.25) is 0 Å². The van der Waals surface area contributed by atoms with E-state index in [1.165, 1.54) is 31.4 Å². The predicted molar refractivity (Wildman–Crippen MR) is 129 cm³/mol. The fourth-order valence-electron chi connectivity index (χ4n) is 3.96. The number of sulfonamides is 1. The van der Waals surface area contributed by atoms with Crippen molar-refractivity contribution < 1.29 is 35.9 Å². The number of fused-ring (bicyclic) bond motifs is 1. The number of alkyl halides is 3. The molecule has 0 saturated carbocycles. The maximum absolute atomic E-state index is 12.9. The van der Waals surface area contributed by atoms with E-state index >= 15 is 0 Å². The van der Waals surface area contributed by atoms with Crippen LogP contribution in [0.25, 0.3) is 22.0 Å². The Kier molecular flexibility index (Phi) is 6.68. The average molecular weight is 519 g/mol. The van der Waals surface area contributed by atoms with Gasteiger partial charge in [0.05, 0.1) is 24.6 Å². The van der Waals surface area contributed by atoms with Crippen molar-refractivity contribution in [1.29, 1.82) is 0 Å². The second-order valence-electron chi connectivity index (χ2n) is 7.96. The summed E-state index contributed by atoms with van der Waals surface area (Å²) < 4.78 is 74.1. The number of methoxy groups -OCH3 is 1. The van der Waals surface area contributed by atoms with E-state index in [-0.39, 0.29) is 5.75 Å². The van der Waals surface area contributed by atoms with Gasteiger partial charge in [-0.05, 0) is 53.1 Å². The number of nitrogens with zero attached hydrogens (tertiary/aromatic N) is 1. The number of nitrogens with one attached hydrogen (secondary N) is 1. The molecule has 0 aliphatic carbocycles. The minimum atomic E-state index is -4.79. The Morgan fingerprint density at radius 1 is 0.972 bits per heavy atom. The lowest BCUT2D eigenvalue weighted by Crippen LogP contribution is -2.21. The summed E-state index contributed by atoms with van der Waals surface area (Å²) in [6.45, 7) is 0. The van der Waals surface area contributed by atoms with Gasteiger partial charge in [0.2, 0.25) is 10.0 Å². The molecule has 36 heavy (non-hydrogen) atoms. The summed E-state index contributed by atoms with van der Waals surface area (Å²) >= 11 is 0. The van der Waals surface area contributed by atoms with Gasteiger partial charge in [-0.3, -0.25) is 4.72 Å². The Hall–Kier alpha value is -3.99. The van der Waals surface area contributed by atoms with Gasteiger partial charge >= 0.3 is 12.3 Å². The molecular formula is C25H21F3N2O5S. The third kappa shape index (κ3) is 5.62. The summed E-state index contributed by atoms with van der Waals surface area (Å²) in [7, 11) is -2.26. The van der Waals surface area contributed by atoms with Crippen LogP contribution in [-0.2, 0) is 19.6 Å². The summed E-state index contributed by atoms with van der Waals surface area (Å²) in [4.78, 5) is 12.9. The Balaban J connectivity index is 1.75. The number of aromatic nitrogens is 1. The lowest BCUT2D eigenvalue weighted by Gasteiger charge is -2.19. The molecule has 1 unspecified atom stereocenters. The third-order valence-corrected chi connectivity index (χ3v) is 5.98. The summed E-state index contributed by atoms with van der Waals surface area (Å²) in [6, 6.07) is 18.2. The second kappa shape index (κ2) is 9.57. The molecule has 1 N–H and O–H groups in total.